The largest absolute Gasteiger partial charge is 0.507 e. The molecule has 3 unspecified atom stereocenters. The molecule has 2 fully saturated rings. The number of ketones is 5. The van der Waals surface area contributed by atoms with Gasteiger partial charge < -0.3 is 10.2 Å². The lowest BCUT2D eigenvalue weighted by Gasteiger charge is -2.61. The third-order valence-electron chi connectivity index (χ3n) is 11.3. The molecular formula is C40H42O7. The molecule has 7 nitrogen and oxygen atoms in total. The van der Waals surface area contributed by atoms with E-state index in [2.05, 4.69) is 24.3 Å². The average Bonchev–Trinajstić information content (AvgIpc) is 2.99. The van der Waals surface area contributed by atoms with Crippen LogP contribution in [0.3, 0.4) is 0 Å². The van der Waals surface area contributed by atoms with Gasteiger partial charge in [-0.25, -0.2) is 0 Å². The van der Waals surface area contributed by atoms with Crippen LogP contribution in [-0.2, 0) is 38.4 Å². The predicted octanol–water partition coefficient (Wildman–Crippen LogP) is 5.94. The van der Waals surface area contributed by atoms with Gasteiger partial charge in [-0.1, -0.05) is 88.4 Å². The zero-order valence-corrected chi connectivity index (χ0v) is 27.6. The van der Waals surface area contributed by atoms with Crippen LogP contribution in [0, 0.1) is 34.5 Å². The van der Waals surface area contributed by atoms with Gasteiger partial charge in [0.25, 0.3) is 0 Å². The van der Waals surface area contributed by atoms with Crippen molar-refractivity contribution in [1.29, 1.82) is 0 Å². The molecule has 3 aliphatic rings. The van der Waals surface area contributed by atoms with Crippen molar-refractivity contribution < 1.29 is 34.2 Å². The fraction of sp³-hybridized carbons (Fsp3) is 0.425. The summed E-state index contributed by atoms with van der Waals surface area (Å²) in [5.74, 6) is -8.91. The molecule has 7 heteroatoms. The highest BCUT2D eigenvalue weighted by Gasteiger charge is 2.76. The van der Waals surface area contributed by atoms with E-state index in [-0.39, 0.29) is 24.2 Å². The number of hydrogen-bond donors (Lipinski definition) is 2. The molecule has 6 rings (SSSR count). The lowest BCUT2D eigenvalue weighted by molar-refractivity contribution is -0.205. The first-order valence-electron chi connectivity index (χ1n) is 16.5. The minimum Gasteiger partial charge on any atom is -0.507 e. The van der Waals surface area contributed by atoms with E-state index in [1.54, 1.807) is 33.8 Å². The number of rotatable bonds is 7. The third-order valence-corrected chi connectivity index (χ3v) is 11.3. The van der Waals surface area contributed by atoms with Gasteiger partial charge in [0.2, 0.25) is 0 Å². The molecule has 0 amide bonds. The molecule has 0 spiro atoms. The zero-order chi connectivity index (χ0) is 34.1. The van der Waals surface area contributed by atoms with Crippen LogP contribution in [0.15, 0.2) is 66.7 Å². The number of aromatic hydroxyl groups is 1. The van der Waals surface area contributed by atoms with Crippen LogP contribution in [0.25, 0.3) is 11.1 Å². The van der Waals surface area contributed by atoms with Crippen molar-refractivity contribution in [3.8, 4) is 16.9 Å². The van der Waals surface area contributed by atoms with Gasteiger partial charge in [0.1, 0.15) is 17.5 Å². The lowest BCUT2D eigenvalue weighted by atomic mass is 9.40. The molecule has 0 heterocycles. The number of hydrogen-bond acceptors (Lipinski definition) is 7. The normalized spacial score (nSPS) is 30.1. The molecule has 47 heavy (non-hydrogen) atoms. The van der Waals surface area contributed by atoms with Crippen molar-refractivity contribution >= 4 is 28.9 Å². The average molecular weight is 635 g/mol. The minimum absolute atomic E-state index is 0.0165. The van der Waals surface area contributed by atoms with E-state index >= 15 is 0 Å². The Hall–Kier alpha value is -4.23. The second-order valence-corrected chi connectivity index (χ2v) is 14.9. The molecule has 0 radical (unpaired) electrons. The van der Waals surface area contributed by atoms with Gasteiger partial charge >= 0.3 is 0 Å². The number of carbonyl (C=O) groups is 5. The standard InChI is InChI=1S/C40H42O7/c1-22(2)32-34(43)30(23(3)41)36(45)40(47)37(46)33-35(44)31-28(20-38(33,4)21-39(32,40)5)27(17-18-29(31)42)26-16-10-15-25(19-26)14-9-13-24-11-7-6-8-12-24/h6-8,10-12,15-19,22,30,32-33,42,47H,9,13-14,20-21H2,1-5H3/t30?,32?,33?,38-,39-,40+/m1/s1. The first-order valence-corrected chi connectivity index (χ1v) is 16.5. The maximum atomic E-state index is 14.5. The minimum atomic E-state index is -2.70. The molecule has 6 atom stereocenters. The number of phenols is 1. The highest BCUT2D eigenvalue weighted by atomic mass is 16.3. The first kappa shape index (κ1) is 32.7. The number of phenolic OH excluding ortho intramolecular Hbond substituents is 1. The van der Waals surface area contributed by atoms with Crippen molar-refractivity contribution in [2.24, 2.45) is 34.5 Å². The predicted molar refractivity (Wildman–Crippen MR) is 177 cm³/mol. The maximum absolute atomic E-state index is 14.5. The number of aliphatic hydroxyl groups is 1. The Bertz CT molecular complexity index is 1820. The smallest absolute Gasteiger partial charge is 0.190 e. The highest BCUT2D eigenvalue weighted by molar-refractivity contribution is 6.32. The summed E-state index contributed by atoms with van der Waals surface area (Å²) >= 11 is 0. The summed E-state index contributed by atoms with van der Waals surface area (Å²) in [5.41, 5.74) is -0.644. The van der Waals surface area contributed by atoms with Crippen molar-refractivity contribution in [1.82, 2.24) is 0 Å². The first-order chi connectivity index (χ1) is 22.2. The van der Waals surface area contributed by atoms with E-state index in [1.807, 2.05) is 30.3 Å². The van der Waals surface area contributed by atoms with Crippen LogP contribution >= 0.6 is 0 Å². The van der Waals surface area contributed by atoms with Gasteiger partial charge in [-0.15, -0.1) is 0 Å². The number of Topliss-reactive ketones (excluding diaryl/α,β-unsaturated/α-hetero) is 5. The molecule has 3 aromatic carbocycles. The monoisotopic (exact) mass is 634 g/mol. The van der Waals surface area contributed by atoms with E-state index < -0.39 is 69.0 Å². The Morgan fingerprint density at radius 3 is 2.21 bits per heavy atom. The third kappa shape index (κ3) is 4.85. The van der Waals surface area contributed by atoms with Crippen molar-refractivity contribution in [3.63, 3.8) is 0 Å². The molecule has 2 N–H and O–H groups in total. The maximum Gasteiger partial charge on any atom is 0.190 e. The summed E-state index contributed by atoms with van der Waals surface area (Å²) in [4.78, 5) is 69.1. The Morgan fingerprint density at radius 1 is 0.894 bits per heavy atom. The molecule has 0 saturated heterocycles. The quantitative estimate of drug-likeness (QED) is 0.309. The van der Waals surface area contributed by atoms with Crippen LogP contribution in [0.5, 0.6) is 5.75 Å². The molecule has 2 saturated carbocycles. The summed E-state index contributed by atoms with van der Waals surface area (Å²) in [6.07, 6.45) is 3.00. The highest BCUT2D eigenvalue weighted by Crippen LogP contribution is 2.64. The van der Waals surface area contributed by atoms with Crippen LogP contribution in [0.4, 0.5) is 0 Å². The fourth-order valence-electron chi connectivity index (χ4n) is 9.44. The second kappa shape index (κ2) is 11.5. The number of carbonyl (C=O) groups excluding carboxylic acids is 5. The van der Waals surface area contributed by atoms with E-state index in [9.17, 15) is 34.2 Å². The fourth-order valence-corrected chi connectivity index (χ4v) is 9.44. The van der Waals surface area contributed by atoms with Crippen molar-refractivity contribution in [2.75, 3.05) is 0 Å². The number of fused-ring (bicyclic) bond motifs is 3. The lowest BCUT2D eigenvalue weighted by Crippen LogP contribution is -2.76. The van der Waals surface area contributed by atoms with E-state index in [0.717, 1.165) is 42.9 Å². The Kier molecular flexibility index (Phi) is 7.99. The van der Waals surface area contributed by atoms with Gasteiger partial charge in [0, 0.05) is 11.3 Å². The van der Waals surface area contributed by atoms with Crippen molar-refractivity contribution in [3.05, 3.63) is 89.0 Å². The molecule has 3 aromatic rings. The van der Waals surface area contributed by atoms with Crippen LogP contribution in [0.2, 0.25) is 0 Å². The summed E-state index contributed by atoms with van der Waals surface area (Å²) in [5, 5.41) is 23.3. The van der Waals surface area contributed by atoms with E-state index in [1.165, 1.54) is 11.6 Å². The summed E-state index contributed by atoms with van der Waals surface area (Å²) in [6, 6.07) is 21.7. The van der Waals surface area contributed by atoms with Gasteiger partial charge in [0.15, 0.2) is 28.7 Å². The van der Waals surface area contributed by atoms with Crippen LogP contribution < -0.4 is 0 Å². The molecule has 0 aromatic heterocycles. The molecular weight excluding hydrogens is 592 g/mol. The van der Waals surface area contributed by atoms with Gasteiger partial charge in [-0.2, -0.15) is 0 Å². The van der Waals surface area contributed by atoms with Gasteiger partial charge in [-0.3, -0.25) is 24.0 Å². The van der Waals surface area contributed by atoms with Gasteiger partial charge in [-0.05, 0) is 84.2 Å². The van der Waals surface area contributed by atoms with Crippen LogP contribution in [-0.4, -0.2) is 44.7 Å². The Balaban J connectivity index is 1.42. The Morgan fingerprint density at radius 2 is 1.55 bits per heavy atom. The topological polar surface area (TPSA) is 126 Å². The molecule has 0 bridgehead atoms. The summed E-state index contributed by atoms with van der Waals surface area (Å²) < 4.78 is 0. The van der Waals surface area contributed by atoms with Crippen LogP contribution in [0.1, 0.15) is 74.5 Å². The molecule has 244 valence electrons. The summed E-state index contributed by atoms with van der Waals surface area (Å²) in [6.45, 7) is 8.07. The second-order valence-electron chi connectivity index (χ2n) is 14.9. The Labute approximate surface area is 275 Å². The van der Waals surface area contributed by atoms with E-state index in [0.29, 0.717) is 5.56 Å². The van der Waals surface area contributed by atoms with Gasteiger partial charge in [0.05, 0.1) is 11.5 Å². The number of benzene rings is 3. The molecule has 0 aliphatic heterocycles. The van der Waals surface area contributed by atoms with E-state index in [4.69, 9.17) is 0 Å². The SMILES string of the molecule is CC(=O)C1C(=O)C(C(C)C)[C@@]2(C)C[C@@]3(C)Cc4c(-c5cccc(CCCc6ccccc6)c5)ccc(O)c4C(=O)C3C(=O)[C@@]2(O)C1=O. The summed E-state index contributed by atoms with van der Waals surface area (Å²) in [7, 11) is 0. The van der Waals surface area contributed by atoms with Crippen molar-refractivity contribution in [2.45, 2.75) is 72.3 Å². The number of aryl methyl sites for hydroxylation is 2. The zero-order valence-electron chi connectivity index (χ0n) is 27.6. The molecule has 3 aliphatic carbocycles.